The number of ether oxygens (including phenoxy) is 1. The number of aromatic nitrogens is 1. The molecule has 27 heavy (non-hydrogen) atoms. The van der Waals surface area contributed by atoms with Gasteiger partial charge in [-0.15, -0.1) is 0 Å². The van der Waals surface area contributed by atoms with Crippen molar-refractivity contribution in [3.63, 3.8) is 0 Å². The van der Waals surface area contributed by atoms with E-state index in [1.807, 2.05) is 31.2 Å². The van der Waals surface area contributed by atoms with Crippen molar-refractivity contribution in [3.05, 3.63) is 48.3 Å². The van der Waals surface area contributed by atoms with Crippen LogP contribution in [-0.4, -0.2) is 55.4 Å². The lowest BCUT2D eigenvalue weighted by Crippen LogP contribution is -2.41. The lowest BCUT2D eigenvalue weighted by Gasteiger charge is -2.27. The lowest BCUT2D eigenvalue weighted by molar-refractivity contribution is 0.0708. The third-order valence-corrected chi connectivity index (χ3v) is 6.36. The number of benzene rings is 1. The Kier molecular flexibility index (Phi) is 5.65. The molecule has 1 aliphatic heterocycles. The van der Waals surface area contributed by atoms with Crippen molar-refractivity contribution < 1.29 is 17.9 Å². The van der Waals surface area contributed by atoms with E-state index in [0.717, 1.165) is 11.4 Å². The molecule has 1 aliphatic rings. The number of nitrogens with one attached hydrogen (secondary N) is 1. The number of methoxy groups -OCH3 is 1. The van der Waals surface area contributed by atoms with Crippen molar-refractivity contribution in [2.24, 2.45) is 0 Å². The van der Waals surface area contributed by atoms with E-state index in [9.17, 15) is 13.2 Å². The van der Waals surface area contributed by atoms with Gasteiger partial charge < -0.3 is 15.0 Å². The second kappa shape index (κ2) is 7.96. The molecule has 0 spiro atoms. The molecule has 2 aromatic rings. The molecule has 1 fully saturated rings. The van der Waals surface area contributed by atoms with Crippen LogP contribution in [0.15, 0.2) is 42.7 Å². The van der Waals surface area contributed by atoms with Crippen LogP contribution in [0.2, 0.25) is 0 Å². The molecule has 1 amide bonds. The van der Waals surface area contributed by atoms with E-state index in [1.54, 1.807) is 24.3 Å². The van der Waals surface area contributed by atoms with Gasteiger partial charge in [0, 0.05) is 24.5 Å². The molecule has 0 bridgehead atoms. The molecule has 0 saturated carbocycles. The number of sulfone groups is 1. The summed E-state index contributed by atoms with van der Waals surface area (Å²) in [5, 5.41) is 3.21. The topological polar surface area (TPSA) is 88.6 Å². The number of anilines is 2. The Morgan fingerprint density at radius 1 is 1.26 bits per heavy atom. The molecule has 0 aliphatic carbocycles. The van der Waals surface area contributed by atoms with E-state index in [-0.39, 0.29) is 23.5 Å². The highest BCUT2D eigenvalue weighted by atomic mass is 32.2. The SMILES string of the molecule is CCN(C(=O)c1cncc(Nc2ccc(OC)cc2)c1)C1CCS(=O)(=O)C1. The molecule has 1 N–H and O–H groups in total. The molecule has 7 nitrogen and oxygen atoms in total. The summed E-state index contributed by atoms with van der Waals surface area (Å²) in [6.45, 7) is 2.31. The number of carbonyl (C=O) groups excluding carboxylic acids is 1. The predicted octanol–water partition coefficient (Wildman–Crippen LogP) is 2.48. The van der Waals surface area contributed by atoms with Gasteiger partial charge in [-0.2, -0.15) is 0 Å². The fourth-order valence-electron chi connectivity index (χ4n) is 3.22. The second-order valence-electron chi connectivity index (χ2n) is 6.46. The van der Waals surface area contributed by atoms with Crippen LogP contribution in [0.3, 0.4) is 0 Å². The van der Waals surface area contributed by atoms with Gasteiger partial charge in [-0.05, 0) is 43.7 Å². The molecule has 8 heteroatoms. The molecular weight excluding hydrogens is 366 g/mol. The summed E-state index contributed by atoms with van der Waals surface area (Å²) in [6.07, 6.45) is 3.63. The van der Waals surface area contributed by atoms with Crippen molar-refractivity contribution in [1.29, 1.82) is 0 Å². The van der Waals surface area contributed by atoms with Gasteiger partial charge in [0.05, 0.1) is 36.1 Å². The zero-order chi connectivity index (χ0) is 19.4. The number of hydrogen-bond acceptors (Lipinski definition) is 6. The molecule has 1 aromatic carbocycles. The maximum absolute atomic E-state index is 12.9. The summed E-state index contributed by atoms with van der Waals surface area (Å²) >= 11 is 0. The summed E-state index contributed by atoms with van der Waals surface area (Å²) in [6, 6.07) is 8.87. The first kappa shape index (κ1) is 19.2. The molecular formula is C19H23N3O4S. The number of hydrogen-bond donors (Lipinski definition) is 1. The number of pyridine rings is 1. The third-order valence-electron chi connectivity index (χ3n) is 4.61. The fraction of sp³-hybridized carbons (Fsp3) is 0.368. The first-order valence-electron chi connectivity index (χ1n) is 8.79. The van der Waals surface area contributed by atoms with E-state index in [0.29, 0.717) is 24.2 Å². The van der Waals surface area contributed by atoms with E-state index < -0.39 is 9.84 Å². The molecule has 1 saturated heterocycles. The minimum Gasteiger partial charge on any atom is -0.497 e. The van der Waals surface area contributed by atoms with Crippen LogP contribution >= 0.6 is 0 Å². The van der Waals surface area contributed by atoms with Crippen LogP contribution in [-0.2, 0) is 9.84 Å². The fourth-order valence-corrected chi connectivity index (χ4v) is 4.95. The summed E-state index contributed by atoms with van der Waals surface area (Å²) in [7, 11) is -1.45. The molecule has 3 rings (SSSR count). The van der Waals surface area contributed by atoms with Gasteiger partial charge in [0.1, 0.15) is 5.75 Å². The first-order chi connectivity index (χ1) is 12.9. The average molecular weight is 389 g/mol. The van der Waals surface area contributed by atoms with Gasteiger partial charge in [-0.3, -0.25) is 9.78 Å². The van der Waals surface area contributed by atoms with Gasteiger partial charge in [0.25, 0.3) is 5.91 Å². The molecule has 1 aromatic heterocycles. The maximum Gasteiger partial charge on any atom is 0.255 e. The highest BCUT2D eigenvalue weighted by Gasteiger charge is 2.34. The van der Waals surface area contributed by atoms with Crippen LogP contribution in [0.4, 0.5) is 11.4 Å². The summed E-state index contributed by atoms with van der Waals surface area (Å²) in [5.74, 6) is 0.723. The number of amides is 1. The minimum atomic E-state index is -3.05. The first-order valence-corrected chi connectivity index (χ1v) is 10.6. The van der Waals surface area contributed by atoms with E-state index >= 15 is 0 Å². The average Bonchev–Trinajstić information content (AvgIpc) is 3.02. The van der Waals surface area contributed by atoms with Crippen LogP contribution in [0.25, 0.3) is 0 Å². The highest BCUT2D eigenvalue weighted by molar-refractivity contribution is 7.91. The summed E-state index contributed by atoms with van der Waals surface area (Å²) in [5.41, 5.74) is 1.96. The van der Waals surface area contributed by atoms with E-state index in [1.165, 1.54) is 6.20 Å². The standard InChI is InChI=1S/C19H23N3O4S/c1-3-22(17-8-9-27(24,25)13-17)19(23)14-10-16(12-20-11-14)21-15-4-6-18(26-2)7-5-15/h4-7,10-12,17,21H,3,8-9,13H2,1-2H3. The lowest BCUT2D eigenvalue weighted by atomic mass is 10.1. The third kappa shape index (κ3) is 4.57. The van der Waals surface area contributed by atoms with Gasteiger partial charge in [0.2, 0.25) is 0 Å². The Labute approximate surface area is 159 Å². The van der Waals surface area contributed by atoms with Crippen molar-refractivity contribution in [2.45, 2.75) is 19.4 Å². The Morgan fingerprint density at radius 2 is 2.00 bits per heavy atom. The van der Waals surface area contributed by atoms with Crippen LogP contribution in [0.5, 0.6) is 5.75 Å². The van der Waals surface area contributed by atoms with Crippen molar-refractivity contribution in [3.8, 4) is 5.75 Å². The maximum atomic E-state index is 12.9. The molecule has 144 valence electrons. The van der Waals surface area contributed by atoms with Crippen molar-refractivity contribution in [1.82, 2.24) is 9.88 Å². The number of carbonyl (C=O) groups is 1. The summed E-state index contributed by atoms with van der Waals surface area (Å²) < 4.78 is 28.6. The number of nitrogens with zero attached hydrogens (tertiary/aromatic N) is 2. The van der Waals surface area contributed by atoms with Gasteiger partial charge in [0.15, 0.2) is 9.84 Å². The highest BCUT2D eigenvalue weighted by Crippen LogP contribution is 2.23. The van der Waals surface area contributed by atoms with Crippen molar-refractivity contribution in [2.75, 3.05) is 30.5 Å². The predicted molar refractivity (Wildman–Crippen MR) is 104 cm³/mol. The van der Waals surface area contributed by atoms with Gasteiger partial charge in [-0.1, -0.05) is 0 Å². The van der Waals surface area contributed by atoms with Gasteiger partial charge in [-0.25, -0.2) is 8.42 Å². The Morgan fingerprint density at radius 3 is 2.59 bits per heavy atom. The smallest absolute Gasteiger partial charge is 0.255 e. The largest absolute Gasteiger partial charge is 0.497 e. The zero-order valence-electron chi connectivity index (χ0n) is 15.4. The molecule has 2 heterocycles. The Hall–Kier alpha value is -2.61. The molecule has 1 unspecified atom stereocenters. The minimum absolute atomic E-state index is 0.0315. The monoisotopic (exact) mass is 389 g/mol. The Balaban J connectivity index is 1.76. The quantitative estimate of drug-likeness (QED) is 0.817. The van der Waals surface area contributed by atoms with Crippen LogP contribution < -0.4 is 10.1 Å². The molecule has 0 radical (unpaired) electrons. The van der Waals surface area contributed by atoms with Crippen LogP contribution in [0, 0.1) is 0 Å². The molecule has 1 atom stereocenters. The normalized spacial score (nSPS) is 18.1. The van der Waals surface area contributed by atoms with E-state index in [4.69, 9.17) is 4.74 Å². The van der Waals surface area contributed by atoms with Crippen LogP contribution in [0.1, 0.15) is 23.7 Å². The van der Waals surface area contributed by atoms with Crippen molar-refractivity contribution >= 4 is 27.1 Å². The van der Waals surface area contributed by atoms with E-state index in [2.05, 4.69) is 10.3 Å². The Bertz CT molecular complexity index is 913. The van der Waals surface area contributed by atoms with Gasteiger partial charge >= 0.3 is 0 Å². The number of rotatable bonds is 6. The summed E-state index contributed by atoms with van der Waals surface area (Å²) in [4.78, 5) is 18.7. The zero-order valence-corrected chi connectivity index (χ0v) is 16.2. The second-order valence-corrected chi connectivity index (χ2v) is 8.69.